The molecular weight excluding hydrogens is 411 g/mol. The maximum absolute atomic E-state index is 14.7. The Labute approximate surface area is 189 Å². The first-order chi connectivity index (χ1) is 15.0. The number of carbonyl (C=O) groups is 1. The molecule has 1 saturated heterocycles. The second-order valence-electron chi connectivity index (χ2n) is 9.49. The fourth-order valence-corrected chi connectivity index (χ4v) is 3.76. The molecule has 3 atom stereocenters. The maximum atomic E-state index is 14.7. The van der Waals surface area contributed by atoms with Crippen LogP contribution in [0, 0.1) is 5.82 Å². The number of hydrogen-bond acceptors (Lipinski definition) is 6. The van der Waals surface area contributed by atoms with E-state index in [0.717, 1.165) is 5.56 Å². The van der Waals surface area contributed by atoms with Crippen molar-refractivity contribution in [3.63, 3.8) is 0 Å². The van der Waals surface area contributed by atoms with Gasteiger partial charge in [0.1, 0.15) is 24.3 Å². The fraction of sp³-hybridized carbons (Fsp3) is 0.542. The van der Waals surface area contributed by atoms with Gasteiger partial charge in [0, 0.05) is 11.8 Å². The van der Waals surface area contributed by atoms with Gasteiger partial charge in [0.05, 0.1) is 17.7 Å². The Balaban J connectivity index is 1.79. The molecule has 1 N–H and O–H groups in total. The number of anilines is 2. The first-order valence-electron chi connectivity index (χ1n) is 11.0. The highest BCUT2D eigenvalue weighted by Gasteiger charge is 2.40. The molecule has 0 unspecified atom stereocenters. The highest BCUT2D eigenvalue weighted by molar-refractivity contribution is 5.89. The molecule has 1 aliphatic rings. The van der Waals surface area contributed by atoms with E-state index in [0.29, 0.717) is 17.3 Å². The molecule has 8 heteroatoms. The number of rotatable bonds is 7. The van der Waals surface area contributed by atoms with E-state index >= 15 is 0 Å². The van der Waals surface area contributed by atoms with Crippen molar-refractivity contribution in [3.05, 3.63) is 47.4 Å². The third kappa shape index (κ3) is 5.54. The Bertz CT molecular complexity index is 961. The molecule has 0 bridgehead atoms. The number of nitrogens with one attached hydrogen (secondary N) is 1. The van der Waals surface area contributed by atoms with Crippen molar-refractivity contribution in [1.29, 1.82) is 0 Å². The van der Waals surface area contributed by atoms with Gasteiger partial charge in [-0.2, -0.15) is 4.98 Å². The standard InChI is InChI=1S/C24H33FN4O3/c1-14(2)17-8-9-18(19(25)12-17)15(3)27-22-26-11-10-21(28-22)29-20(13-31-23(29)30)16(4)32-24(5,6)7/h8-12,14-16,20H,13H2,1-7H3,(H,26,27,28)/t15-,16+,20+/m0/s1. The number of hydrogen-bond donors (Lipinski definition) is 1. The van der Waals surface area contributed by atoms with Crippen molar-refractivity contribution < 1.29 is 18.7 Å². The Kier molecular flexibility index (Phi) is 7.03. The van der Waals surface area contributed by atoms with Crippen LogP contribution in [0.2, 0.25) is 0 Å². The van der Waals surface area contributed by atoms with E-state index in [4.69, 9.17) is 9.47 Å². The Hall–Kier alpha value is -2.74. The first kappa shape index (κ1) is 23.9. The minimum Gasteiger partial charge on any atom is -0.447 e. The number of ether oxygens (including phenoxy) is 2. The predicted molar refractivity (Wildman–Crippen MR) is 122 cm³/mol. The van der Waals surface area contributed by atoms with Gasteiger partial charge in [0.2, 0.25) is 5.95 Å². The van der Waals surface area contributed by atoms with E-state index in [-0.39, 0.29) is 42.1 Å². The van der Waals surface area contributed by atoms with Crippen LogP contribution in [0.4, 0.5) is 21.0 Å². The molecule has 1 fully saturated rings. The van der Waals surface area contributed by atoms with Crippen LogP contribution in [0.15, 0.2) is 30.5 Å². The smallest absolute Gasteiger partial charge is 0.416 e. The summed E-state index contributed by atoms with van der Waals surface area (Å²) >= 11 is 0. The molecule has 3 rings (SSSR count). The number of aromatic nitrogens is 2. The van der Waals surface area contributed by atoms with Crippen molar-refractivity contribution in [2.75, 3.05) is 16.8 Å². The van der Waals surface area contributed by atoms with Crippen LogP contribution in [-0.4, -0.2) is 40.4 Å². The fourth-order valence-electron chi connectivity index (χ4n) is 3.76. The van der Waals surface area contributed by atoms with Crippen LogP contribution < -0.4 is 10.2 Å². The van der Waals surface area contributed by atoms with Crippen LogP contribution in [0.25, 0.3) is 0 Å². The van der Waals surface area contributed by atoms with E-state index < -0.39 is 6.09 Å². The van der Waals surface area contributed by atoms with Crippen molar-refractivity contribution in [2.45, 2.75) is 78.2 Å². The van der Waals surface area contributed by atoms with E-state index in [1.54, 1.807) is 24.4 Å². The van der Waals surface area contributed by atoms with Gasteiger partial charge in [-0.25, -0.2) is 14.2 Å². The second kappa shape index (κ2) is 9.40. The molecule has 2 heterocycles. The first-order valence-corrected chi connectivity index (χ1v) is 11.0. The molecule has 7 nitrogen and oxygen atoms in total. The monoisotopic (exact) mass is 444 g/mol. The molecule has 1 aromatic carbocycles. The summed E-state index contributed by atoms with van der Waals surface area (Å²) in [7, 11) is 0. The topological polar surface area (TPSA) is 76.6 Å². The summed E-state index contributed by atoms with van der Waals surface area (Å²) in [4.78, 5) is 22.7. The van der Waals surface area contributed by atoms with Crippen molar-refractivity contribution in [3.8, 4) is 0 Å². The molecule has 0 spiro atoms. The highest BCUT2D eigenvalue weighted by Crippen LogP contribution is 2.28. The van der Waals surface area contributed by atoms with Gasteiger partial charge in [0.15, 0.2) is 0 Å². The quantitative estimate of drug-likeness (QED) is 0.613. The molecule has 1 aliphatic heterocycles. The summed E-state index contributed by atoms with van der Waals surface area (Å²) in [6, 6.07) is 6.25. The summed E-state index contributed by atoms with van der Waals surface area (Å²) in [5.74, 6) is 0.677. The number of carbonyl (C=O) groups excluding carboxylic acids is 1. The van der Waals surface area contributed by atoms with Crippen LogP contribution >= 0.6 is 0 Å². The third-order valence-electron chi connectivity index (χ3n) is 5.38. The van der Waals surface area contributed by atoms with Gasteiger partial charge >= 0.3 is 6.09 Å². The number of nitrogens with zero attached hydrogens (tertiary/aromatic N) is 3. The zero-order chi connectivity index (χ0) is 23.6. The van der Waals surface area contributed by atoms with E-state index in [1.165, 1.54) is 4.90 Å². The molecule has 0 aliphatic carbocycles. The second-order valence-corrected chi connectivity index (χ2v) is 9.49. The van der Waals surface area contributed by atoms with Crippen molar-refractivity contribution in [1.82, 2.24) is 9.97 Å². The third-order valence-corrected chi connectivity index (χ3v) is 5.38. The van der Waals surface area contributed by atoms with Gasteiger partial charge in [-0.3, -0.25) is 4.90 Å². The van der Waals surface area contributed by atoms with E-state index in [2.05, 4.69) is 15.3 Å². The number of amides is 1. The molecule has 32 heavy (non-hydrogen) atoms. The van der Waals surface area contributed by atoms with E-state index in [9.17, 15) is 9.18 Å². The molecule has 0 radical (unpaired) electrons. The minimum absolute atomic E-state index is 0.215. The summed E-state index contributed by atoms with van der Waals surface area (Å²) < 4.78 is 26.0. The summed E-state index contributed by atoms with van der Waals surface area (Å²) in [5, 5.41) is 3.14. The maximum Gasteiger partial charge on any atom is 0.416 e. The van der Waals surface area contributed by atoms with Gasteiger partial charge < -0.3 is 14.8 Å². The predicted octanol–water partition coefficient (Wildman–Crippen LogP) is 5.44. The van der Waals surface area contributed by atoms with E-state index in [1.807, 2.05) is 54.5 Å². The van der Waals surface area contributed by atoms with Crippen molar-refractivity contribution in [2.24, 2.45) is 0 Å². The average Bonchev–Trinajstić information content (AvgIpc) is 3.08. The largest absolute Gasteiger partial charge is 0.447 e. The Morgan fingerprint density at radius 2 is 1.94 bits per heavy atom. The summed E-state index contributed by atoms with van der Waals surface area (Å²) in [6.07, 6.45) is 0.820. The van der Waals surface area contributed by atoms with Crippen LogP contribution in [0.5, 0.6) is 0 Å². The summed E-state index contributed by atoms with van der Waals surface area (Å²) in [5.41, 5.74) is 1.11. The van der Waals surface area contributed by atoms with Gasteiger partial charge in [0.25, 0.3) is 0 Å². The number of benzene rings is 1. The molecule has 174 valence electrons. The molecular formula is C24H33FN4O3. The lowest BCUT2D eigenvalue weighted by molar-refractivity contribution is -0.0618. The molecule has 1 amide bonds. The van der Waals surface area contributed by atoms with Crippen molar-refractivity contribution >= 4 is 17.9 Å². The normalized spacial score (nSPS) is 18.6. The van der Waals surface area contributed by atoms with Crippen LogP contribution in [0.3, 0.4) is 0 Å². The molecule has 1 aromatic heterocycles. The van der Waals surface area contributed by atoms with Crippen LogP contribution in [0.1, 0.15) is 71.6 Å². The summed E-state index contributed by atoms with van der Waals surface area (Å²) in [6.45, 7) is 13.9. The van der Waals surface area contributed by atoms with Gasteiger partial charge in [-0.1, -0.05) is 26.0 Å². The lowest BCUT2D eigenvalue weighted by atomic mass is 9.99. The Morgan fingerprint density at radius 1 is 1.22 bits per heavy atom. The van der Waals surface area contributed by atoms with Gasteiger partial charge in [-0.15, -0.1) is 0 Å². The zero-order valence-corrected chi connectivity index (χ0v) is 19.8. The number of cyclic esters (lactones) is 1. The average molecular weight is 445 g/mol. The molecule has 0 saturated carbocycles. The number of halogens is 1. The SMILES string of the molecule is CC(C)c1ccc([C@H](C)Nc2nccc(N3C(=O)OC[C@@H]3[C@@H](C)OC(C)(C)C)n2)c(F)c1. The lowest BCUT2D eigenvalue weighted by Gasteiger charge is -2.31. The lowest BCUT2D eigenvalue weighted by Crippen LogP contribution is -2.45. The molecule has 2 aromatic rings. The highest BCUT2D eigenvalue weighted by atomic mass is 19.1. The van der Waals surface area contributed by atoms with Crippen LogP contribution in [-0.2, 0) is 9.47 Å². The zero-order valence-electron chi connectivity index (χ0n) is 19.8. The Morgan fingerprint density at radius 3 is 2.56 bits per heavy atom. The minimum atomic E-state index is -0.479. The van der Waals surface area contributed by atoms with Gasteiger partial charge in [-0.05, 0) is 58.2 Å².